The number of ether oxygens (including phenoxy) is 1. The van der Waals surface area contributed by atoms with Gasteiger partial charge in [0.25, 0.3) is 0 Å². The molecule has 2 saturated heterocycles. The van der Waals surface area contributed by atoms with E-state index in [1.54, 1.807) is 0 Å². The molecule has 2 nitrogen and oxygen atoms in total. The average Bonchev–Trinajstić information content (AvgIpc) is 2.17. The van der Waals surface area contributed by atoms with Crippen LogP contribution in [0.15, 0.2) is 0 Å². The average molecular weight is 358 g/mol. The predicted octanol–water partition coefficient (Wildman–Crippen LogP) is 3.11. The lowest BCUT2D eigenvalue weighted by Gasteiger charge is -2.43. The Balaban J connectivity index is 2.01. The number of rotatable bonds is 1. The highest BCUT2D eigenvalue weighted by atomic mass is 79.9. The molecule has 0 amide bonds. The molecule has 0 saturated carbocycles. The summed E-state index contributed by atoms with van der Waals surface area (Å²) < 4.78 is 5.36. The summed E-state index contributed by atoms with van der Waals surface area (Å²) in [6.07, 6.45) is 3.36. The Hall–Kier alpha value is 0.780. The first kappa shape index (κ1) is 12.2. The van der Waals surface area contributed by atoms with Gasteiger partial charge in [0.15, 0.2) is 0 Å². The number of hydrogen-bond acceptors (Lipinski definition) is 3. The molecule has 2 aliphatic rings. The van der Waals surface area contributed by atoms with Gasteiger partial charge in [-0.15, -0.1) is 0 Å². The van der Waals surface area contributed by atoms with Gasteiger partial charge in [-0.3, -0.25) is 4.79 Å². The molecule has 5 unspecified atom stereocenters. The van der Waals surface area contributed by atoms with Gasteiger partial charge >= 0.3 is 5.97 Å². The highest BCUT2D eigenvalue weighted by molar-refractivity contribution is 9.12. The number of carbonyl (C=O) groups excluding carboxylic acids is 1. The van der Waals surface area contributed by atoms with Gasteiger partial charge in [0.1, 0.15) is 6.10 Å². The maximum atomic E-state index is 11.0. The molecule has 0 spiro atoms. The summed E-state index contributed by atoms with van der Waals surface area (Å²) >= 11 is 9.42. The fourth-order valence-corrected chi connectivity index (χ4v) is 6.09. The van der Waals surface area contributed by atoms with Crippen molar-refractivity contribution in [3.63, 3.8) is 0 Å². The Bertz CT molecular complexity index is 260. The summed E-state index contributed by atoms with van der Waals surface area (Å²) in [5.41, 5.74) is 0. The molecule has 0 aromatic carbocycles. The largest absolute Gasteiger partial charge is 0.461 e. The lowest BCUT2D eigenvalue weighted by atomic mass is 9.96. The highest BCUT2D eigenvalue weighted by Crippen LogP contribution is 2.47. The van der Waals surface area contributed by atoms with Gasteiger partial charge in [0, 0.05) is 27.1 Å². The molecule has 0 radical (unpaired) electrons. The van der Waals surface area contributed by atoms with Gasteiger partial charge < -0.3 is 4.74 Å². The van der Waals surface area contributed by atoms with Crippen molar-refractivity contribution in [1.29, 1.82) is 0 Å². The molecule has 0 N–H and O–H groups in total. The molecule has 0 aromatic heterocycles. The minimum atomic E-state index is -0.147. The van der Waals surface area contributed by atoms with Crippen molar-refractivity contribution in [2.24, 2.45) is 0 Å². The van der Waals surface area contributed by atoms with Crippen molar-refractivity contribution < 1.29 is 9.53 Å². The molecule has 5 atom stereocenters. The van der Waals surface area contributed by atoms with Crippen LogP contribution in [0, 0.1) is 0 Å². The van der Waals surface area contributed by atoms with Gasteiger partial charge in [-0.05, 0) is 19.3 Å². The molecule has 15 heavy (non-hydrogen) atoms. The van der Waals surface area contributed by atoms with Crippen LogP contribution >= 0.6 is 43.6 Å². The zero-order valence-corrected chi connectivity index (χ0v) is 12.5. The van der Waals surface area contributed by atoms with E-state index in [0.717, 1.165) is 19.3 Å². The smallest absolute Gasteiger partial charge is 0.302 e. The standard InChI is InChI=1S/C10H14Br2O2S/c1-5(13)14-7-2-3-8-10(12)6(11)4-9(7)15-8/h6-10H,2-4H2,1H3. The fourth-order valence-electron chi connectivity index (χ4n) is 2.27. The molecule has 2 aliphatic heterocycles. The molecule has 0 aromatic rings. The molecule has 2 bridgehead atoms. The van der Waals surface area contributed by atoms with E-state index in [2.05, 4.69) is 31.9 Å². The van der Waals surface area contributed by atoms with E-state index >= 15 is 0 Å². The van der Waals surface area contributed by atoms with Crippen molar-refractivity contribution in [1.82, 2.24) is 0 Å². The fraction of sp³-hybridized carbons (Fsp3) is 0.900. The molecule has 2 rings (SSSR count). The second-order valence-corrected chi connectivity index (χ2v) is 7.85. The van der Waals surface area contributed by atoms with Crippen molar-refractivity contribution in [3.05, 3.63) is 0 Å². The molecule has 2 heterocycles. The quantitative estimate of drug-likeness (QED) is 0.532. The van der Waals surface area contributed by atoms with E-state index in [0.29, 0.717) is 20.2 Å². The minimum absolute atomic E-state index is 0.129. The third-order valence-corrected chi connectivity index (χ3v) is 7.98. The maximum Gasteiger partial charge on any atom is 0.302 e. The lowest BCUT2D eigenvalue weighted by molar-refractivity contribution is -0.147. The van der Waals surface area contributed by atoms with Crippen LogP contribution in [0.4, 0.5) is 0 Å². The van der Waals surface area contributed by atoms with Gasteiger partial charge in [-0.2, -0.15) is 11.8 Å². The van der Waals surface area contributed by atoms with E-state index < -0.39 is 0 Å². The van der Waals surface area contributed by atoms with Crippen LogP contribution < -0.4 is 0 Å². The van der Waals surface area contributed by atoms with Crippen LogP contribution in [0.3, 0.4) is 0 Å². The van der Waals surface area contributed by atoms with Crippen LogP contribution in [0.1, 0.15) is 26.2 Å². The van der Waals surface area contributed by atoms with Crippen LogP contribution in [0.25, 0.3) is 0 Å². The third kappa shape index (κ3) is 2.72. The predicted molar refractivity (Wildman–Crippen MR) is 70.0 cm³/mol. The maximum absolute atomic E-state index is 11.0. The molecule has 0 aliphatic carbocycles. The van der Waals surface area contributed by atoms with Crippen molar-refractivity contribution in [2.45, 2.75) is 52.4 Å². The van der Waals surface area contributed by atoms with E-state index in [1.807, 2.05) is 11.8 Å². The summed E-state index contributed by atoms with van der Waals surface area (Å²) in [6.45, 7) is 1.50. The molecular weight excluding hydrogens is 344 g/mol. The Morgan fingerprint density at radius 3 is 2.73 bits per heavy atom. The molecule has 86 valence electrons. The second kappa shape index (κ2) is 4.96. The minimum Gasteiger partial charge on any atom is -0.461 e. The van der Waals surface area contributed by atoms with Gasteiger partial charge in [-0.25, -0.2) is 0 Å². The van der Waals surface area contributed by atoms with Crippen LogP contribution in [0.2, 0.25) is 0 Å². The number of esters is 1. The van der Waals surface area contributed by atoms with Crippen LogP contribution in [0.5, 0.6) is 0 Å². The third-order valence-electron chi connectivity index (χ3n) is 2.98. The monoisotopic (exact) mass is 356 g/mol. The topological polar surface area (TPSA) is 26.3 Å². The molecule has 5 heteroatoms. The number of halogens is 2. The van der Waals surface area contributed by atoms with Crippen LogP contribution in [-0.2, 0) is 9.53 Å². The van der Waals surface area contributed by atoms with E-state index in [4.69, 9.17) is 4.74 Å². The number of carbonyl (C=O) groups is 1. The lowest BCUT2D eigenvalue weighted by Crippen LogP contribution is -2.46. The number of alkyl halides is 2. The van der Waals surface area contributed by atoms with Crippen LogP contribution in [-0.4, -0.2) is 32.2 Å². The first-order valence-electron chi connectivity index (χ1n) is 5.18. The highest BCUT2D eigenvalue weighted by Gasteiger charge is 2.43. The first-order valence-corrected chi connectivity index (χ1v) is 7.96. The van der Waals surface area contributed by atoms with Gasteiger partial charge in [-0.1, -0.05) is 31.9 Å². The second-order valence-electron chi connectivity index (χ2n) is 4.13. The summed E-state index contributed by atoms with van der Waals surface area (Å²) in [7, 11) is 0. The zero-order chi connectivity index (χ0) is 11.0. The van der Waals surface area contributed by atoms with Gasteiger partial charge in [0.05, 0.1) is 0 Å². The van der Waals surface area contributed by atoms with Crippen molar-refractivity contribution >= 4 is 49.6 Å². The Morgan fingerprint density at radius 1 is 1.33 bits per heavy atom. The van der Waals surface area contributed by atoms with Gasteiger partial charge in [0.2, 0.25) is 0 Å². The van der Waals surface area contributed by atoms with E-state index in [1.165, 1.54) is 6.92 Å². The summed E-state index contributed by atoms with van der Waals surface area (Å²) in [6, 6.07) is 0. The first-order chi connectivity index (χ1) is 7.08. The van der Waals surface area contributed by atoms with Crippen molar-refractivity contribution in [3.8, 4) is 0 Å². The zero-order valence-electron chi connectivity index (χ0n) is 8.49. The summed E-state index contributed by atoms with van der Waals surface area (Å²) in [4.78, 5) is 12.0. The summed E-state index contributed by atoms with van der Waals surface area (Å²) in [5.74, 6) is -0.147. The van der Waals surface area contributed by atoms with E-state index in [9.17, 15) is 4.79 Å². The Morgan fingerprint density at radius 2 is 2.07 bits per heavy atom. The Kier molecular flexibility index (Phi) is 4.05. The van der Waals surface area contributed by atoms with Crippen molar-refractivity contribution in [2.75, 3.05) is 0 Å². The molecular formula is C10H14Br2O2S. The molecule has 2 fully saturated rings. The van der Waals surface area contributed by atoms with E-state index in [-0.39, 0.29) is 12.1 Å². The number of fused-ring (bicyclic) bond motifs is 2. The SMILES string of the molecule is CC(=O)OC1CCC2SC1CC(Br)C2Br. The normalized spacial score (nSPS) is 44.9. The Labute approximate surface area is 111 Å². The summed E-state index contributed by atoms with van der Waals surface area (Å²) in [5, 5.41) is 1.14. The number of hydrogen-bond donors (Lipinski definition) is 0. The number of thioether (sulfide) groups is 1.